The topological polar surface area (TPSA) is 96.0 Å². The van der Waals surface area contributed by atoms with Crippen molar-refractivity contribution in [1.29, 1.82) is 0 Å². The second kappa shape index (κ2) is 16.4. The van der Waals surface area contributed by atoms with Gasteiger partial charge in [0.15, 0.2) is 0 Å². The first-order chi connectivity index (χ1) is 22.4. The number of hydrogen-bond donors (Lipinski definition) is 1. The van der Waals surface area contributed by atoms with Gasteiger partial charge in [-0.2, -0.15) is 0 Å². The summed E-state index contributed by atoms with van der Waals surface area (Å²) in [6.45, 7) is 3.68. The quantitative estimate of drug-likeness (QED) is 0.148. The van der Waals surface area contributed by atoms with E-state index in [0.717, 1.165) is 9.87 Å². The third-order valence-electron chi connectivity index (χ3n) is 7.33. The van der Waals surface area contributed by atoms with Gasteiger partial charge in [0.05, 0.1) is 27.7 Å². The number of amides is 2. The molecule has 4 rings (SSSR count). The lowest BCUT2D eigenvalue weighted by Gasteiger charge is -2.34. The first-order valence-electron chi connectivity index (χ1n) is 14.9. The molecule has 0 saturated heterocycles. The van der Waals surface area contributed by atoms with E-state index in [1.165, 1.54) is 48.4 Å². The maximum absolute atomic E-state index is 14.5. The summed E-state index contributed by atoms with van der Waals surface area (Å²) in [5.74, 6) is -0.344. The molecule has 0 radical (unpaired) electrons. The van der Waals surface area contributed by atoms with E-state index in [0.29, 0.717) is 27.9 Å². The van der Waals surface area contributed by atoms with Crippen LogP contribution in [0.15, 0.2) is 102 Å². The van der Waals surface area contributed by atoms with E-state index in [1.807, 2.05) is 44.2 Å². The van der Waals surface area contributed by atoms with Crippen LogP contribution in [0, 0.1) is 5.92 Å². The summed E-state index contributed by atoms with van der Waals surface area (Å²) in [5.41, 5.74) is 1.65. The minimum absolute atomic E-state index is 0.0423. The van der Waals surface area contributed by atoms with Crippen molar-refractivity contribution in [1.82, 2.24) is 10.2 Å². The zero-order valence-corrected chi connectivity index (χ0v) is 29.3. The molecule has 47 heavy (non-hydrogen) atoms. The van der Waals surface area contributed by atoms with Crippen molar-refractivity contribution in [3.05, 3.63) is 123 Å². The highest BCUT2D eigenvalue weighted by Gasteiger charge is 2.34. The maximum Gasteiger partial charge on any atom is 0.264 e. The molecule has 0 saturated carbocycles. The molecule has 4 aromatic rings. The minimum Gasteiger partial charge on any atom is -0.497 e. The van der Waals surface area contributed by atoms with Gasteiger partial charge in [-0.15, -0.1) is 0 Å². The lowest BCUT2D eigenvalue weighted by Crippen LogP contribution is -2.53. The van der Waals surface area contributed by atoms with E-state index in [2.05, 4.69) is 5.32 Å². The van der Waals surface area contributed by atoms with Gasteiger partial charge in [0.2, 0.25) is 11.8 Å². The highest BCUT2D eigenvalue weighted by molar-refractivity contribution is 7.92. The second-order valence-corrected chi connectivity index (χ2v) is 14.4. The van der Waals surface area contributed by atoms with Crippen molar-refractivity contribution >= 4 is 62.3 Å². The van der Waals surface area contributed by atoms with Crippen molar-refractivity contribution in [2.75, 3.05) is 24.5 Å². The number of benzene rings is 4. The fraction of sp³-hybridized carbons (Fsp3) is 0.257. The molecule has 1 N–H and O–H groups in total. The van der Waals surface area contributed by atoms with Crippen LogP contribution in [-0.2, 0) is 32.6 Å². The van der Waals surface area contributed by atoms with Gasteiger partial charge in [-0.05, 0) is 77.7 Å². The van der Waals surface area contributed by atoms with E-state index in [-0.39, 0.29) is 40.4 Å². The van der Waals surface area contributed by atoms with Crippen LogP contribution in [0.4, 0.5) is 5.69 Å². The van der Waals surface area contributed by atoms with Crippen molar-refractivity contribution in [3.8, 4) is 5.75 Å². The van der Waals surface area contributed by atoms with Crippen LogP contribution in [-0.4, -0.2) is 51.4 Å². The molecule has 4 aromatic carbocycles. The normalized spacial score (nSPS) is 12.0. The average molecular weight is 717 g/mol. The van der Waals surface area contributed by atoms with Gasteiger partial charge in [0.1, 0.15) is 18.3 Å². The fourth-order valence-electron chi connectivity index (χ4n) is 4.82. The number of hydrogen-bond acceptors (Lipinski definition) is 5. The Morgan fingerprint density at radius 3 is 2.09 bits per heavy atom. The number of anilines is 1. The molecule has 0 aliphatic carbocycles. The molecule has 0 bridgehead atoms. The van der Waals surface area contributed by atoms with E-state index in [4.69, 9.17) is 39.5 Å². The van der Waals surface area contributed by atoms with Crippen molar-refractivity contribution in [2.45, 2.75) is 37.8 Å². The van der Waals surface area contributed by atoms with Crippen LogP contribution < -0.4 is 14.4 Å². The summed E-state index contributed by atoms with van der Waals surface area (Å²) >= 11 is 18.7. The molecular weight excluding hydrogens is 681 g/mol. The van der Waals surface area contributed by atoms with E-state index >= 15 is 0 Å². The van der Waals surface area contributed by atoms with E-state index < -0.39 is 28.5 Å². The van der Waals surface area contributed by atoms with Gasteiger partial charge in [0, 0.05) is 24.5 Å². The molecule has 0 fully saturated rings. The first kappa shape index (κ1) is 36.1. The molecule has 8 nitrogen and oxygen atoms in total. The van der Waals surface area contributed by atoms with E-state index in [1.54, 1.807) is 30.3 Å². The SMILES string of the molecule is COc1ccc(S(=O)(=O)N(CC(=O)N(Cc2ccc(Cl)c(Cl)c2)[C@H](Cc2ccccc2)C(=O)NCC(C)C)c2ccc(Cl)cc2)cc1. The van der Waals surface area contributed by atoms with Crippen molar-refractivity contribution in [2.24, 2.45) is 5.92 Å². The van der Waals surface area contributed by atoms with Crippen LogP contribution in [0.1, 0.15) is 25.0 Å². The van der Waals surface area contributed by atoms with Gasteiger partial charge < -0.3 is 15.0 Å². The van der Waals surface area contributed by atoms with Gasteiger partial charge in [-0.1, -0.05) is 85.0 Å². The number of sulfonamides is 1. The van der Waals surface area contributed by atoms with Gasteiger partial charge in [0.25, 0.3) is 10.0 Å². The van der Waals surface area contributed by atoms with Crippen LogP contribution >= 0.6 is 34.8 Å². The van der Waals surface area contributed by atoms with Crippen LogP contribution in [0.2, 0.25) is 15.1 Å². The number of carbonyl (C=O) groups excluding carboxylic acids is 2. The summed E-state index contributed by atoms with van der Waals surface area (Å²) in [4.78, 5) is 29.8. The van der Waals surface area contributed by atoms with Gasteiger partial charge >= 0.3 is 0 Å². The molecule has 0 aliphatic rings. The second-order valence-electron chi connectivity index (χ2n) is 11.3. The number of rotatable bonds is 14. The number of ether oxygens (including phenoxy) is 1. The predicted molar refractivity (Wildman–Crippen MR) is 188 cm³/mol. The Balaban J connectivity index is 1.81. The summed E-state index contributed by atoms with van der Waals surface area (Å²) in [5, 5.41) is 3.98. The summed E-state index contributed by atoms with van der Waals surface area (Å²) in [6, 6.07) is 25.3. The largest absolute Gasteiger partial charge is 0.497 e. The first-order valence-corrected chi connectivity index (χ1v) is 17.4. The molecule has 0 aromatic heterocycles. The number of carbonyl (C=O) groups is 2. The smallest absolute Gasteiger partial charge is 0.264 e. The molecule has 0 spiro atoms. The Bertz CT molecular complexity index is 1770. The van der Waals surface area contributed by atoms with E-state index in [9.17, 15) is 18.0 Å². The monoisotopic (exact) mass is 715 g/mol. The molecule has 0 unspecified atom stereocenters. The van der Waals surface area contributed by atoms with Crippen LogP contribution in [0.5, 0.6) is 5.75 Å². The van der Waals surface area contributed by atoms with Crippen LogP contribution in [0.25, 0.3) is 0 Å². The Hall–Kier alpha value is -3.76. The standard InChI is InChI=1S/C35H36Cl3N3O5S/c1-24(2)21-39-35(43)33(20-25-7-5-4-6-8-25)40(22-26-9-18-31(37)32(38)19-26)34(42)23-41(28-12-10-27(36)11-13-28)47(44,45)30-16-14-29(46-3)15-17-30/h4-19,24,33H,20-23H2,1-3H3,(H,39,43)/t33-/m1/s1. The third kappa shape index (κ3) is 9.64. The molecular formula is C35H36Cl3N3O5S. The molecule has 0 heterocycles. The highest BCUT2D eigenvalue weighted by atomic mass is 35.5. The Morgan fingerprint density at radius 2 is 1.49 bits per heavy atom. The molecule has 2 amide bonds. The number of halogens is 3. The Kier molecular flexibility index (Phi) is 12.6. The van der Waals surface area contributed by atoms with Gasteiger partial charge in [-0.25, -0.2) is 8.42 Å². The average Bonchev–Trinajstić information content (AvgIpc) is 3.06. The molecule has 12 heteroatoms. The number of nitrogens with one attached hydrogen (secondary N) is 1. The van der Waals surface area contributed by atoms with Crippen molar-refractivity contribution in [3.63, 3.8) is 0 Å². The number of nitrogens with zero attached hydrogens (tertiary/aromatic N) is 2. The predicted octanol–water partition coefficient (Wildman–Crippen LogP) is 7.26. The minimum atomic E-state index is -4.28. The zero-order valence-electron chi connectivity index (χ0n) is 26.2. The lowest BCUT2D eigenvalue weighted by molar-refractivity contribution is -0.140. The zero-order chi connectivity index (χ0) is 34.1. The number of methoxy groups -OCH3 is 1. The maximum atomic E-state index is 14.5. The van der Waals surface area contributed by atoms with Crippen molar-refractivity contribution < 1.29 is 22.7 Å². The summed E-state index contributed by atoms with van der Waals surface area (Å²) in [6.07, 6.45) is 0.185. The Morgan fingerprint density at radius 1 is 0.830 bits per heavy atom. The Labute approximate surface area is 291 Å². The van der Waals surface area contributed by atoms with Gasteiger partial charge in [-0.3, -0.25) is 13.9 Å². The van der Waals surface area contributed by atoms with Crippen LogP contribution in [0.3, 0.4) is 0 Å². The molecule has 248 valence electrons. The summed E-state index contributed by atoms with van der Waals surface area (Å²) in [7, 11) is -2.80. The lowest BCUT2D eigenvalue weighted by atomic mass is 10.0. The third-order valence-corrected chi connectivity index (χ3v) is 10.1. The molecule has 0 aliphatic heterocycles. The fourth-order valence-corrected chi connectivity index (χ4v) is 6.68. The highest BCUT2D eigenvalue weighted by Crippen LogP contribution is 2.28. The summed E-state index contributed by atoms with van der Waals surface area (Å²) < 4.78 is 34.5. The molecule has 1 atom stereocenters.